The molecular weight excluding hydrogens is 256 g/mol. The first-order valence-electron chi connectivity index (χ1n) is 6.65. The molecule has 5 nitrogen and oxygen atoms in total. The molecule has 1 aromatic carbocycles. The third kappa shape index (κ3) is 2.77. The fourth-order valence-corrected chi connectivity index (χ4v) is 2.22. The van der Waals surface area contributed by atoms with Crippen LogP contribution in [-0.2, 0) is 0 Å². The highest BCUT2D eigenvalue weighted by Crippen LogP contribution is 2.29. The summed E-state index contributed by atoms with van der Waals surface area (Å²) in [7, 11) is 1.64. The van der Waals surface area contributed by atoms with Crippen LogP contribution >= 0.6 is 0 Å². The molecule has 2 amide bonds. The van der Waals surface area contributed by atoms with E-state index in [9.17, 15) is 4.79 Å². The predicted octanol–water partition coefficient (Wildman–Crippen LogP) is 2.44. The van der Waals surface area contributed by atoms with Crippen molar-refractivity contribution in [3.8, 4) is 0 Å². The van der Waals surface area contributed by atoms with Crippen LogP contribution in [0.1, 0.15) is 24.3 Å². The zero-order valence-corrected chi connectivity index (χ0v) is 12.0. The Morgan fingerprint density at radius 1 is 1.45 bits per heavy atom. The van der Waals surface area contributed by atoms with Crippen LogP contribution in [0.4, 0.5) is 4.79 Å². The smallest absolute Gasteiger partial charge is 0.317 e. The Hall–Kier alpha value is -2.01. The molecule has 1 aromatic heterocycles. The maximum Gasteiger partial charge on any atom is 0.317 e. The van der Waals surface area contributed by atoms with Gasteiger partial charge in [0, 0.05) is 24.5 Å². The molecule has 1 heterocycles. The number of para-hydroxylation sites is 1. The van der Waals surface area contributed by atoms with Crippen LogP contribution in [0.15, 0.2) is 28.7 Å². The van der Waals surface area contributed by atoms with E-state index < -0.39 is 0 Å². The molecule has 20 heavy (non-hydrogen) atoms. The van der Waals surface area contributed by atoms with E-state index in [-0.39, 0.29) is 18.7 Å². The molecule has 2 aromatic rings. The number of fused-ring (bicyclic) bond motifs is 1. The second-order valence-electron chi connectivity index (χ2n) is 4.90. The van der Waals surface area contributed by atoms with Crippen molar-refractivity contribution < 1.29 is 14.3 Å². The minimum atomic E-state index is -0.230. The van der Waals surface area contributed by atoms with Gasteiger partial charge in [0.05, 0.1) is 12.6 Å². The Kier molecular flexibility index (Phi) is 4.29. The minimum Gasteiger partial charge on any atom is -0.459 e. The second-order valence-corrected chi connectivity index (χ2v) is 4.90. The molecule has 0 saturated heterocycles. The number of aryl methyl sites for hydroxylation is 1. The van der Waals surface area contributed by atoms with Gasteiger partial charge in [-0.25, -0.2) is 4.79 Å². The van der Waals surface area contributed by atoms with Gasteiger partial charge < -0.3 is 19.7 Å². The fourth-order valence-electron chi connectivity index (χ4n) is 2.22. The highest BCUT2D eigenvalue weighted by atomic mass is 16.3. The molecule has 0 radical (unpaired) electrons. The number of carbonyl (C=O) groups is 1. The van der Waals surface area contributed by atoms with E-state index in [2.05, 4.69) is 5.32 Å². The number of amides is 2. The number of hydrogen-bond donors (Lipinski definition) is 2. The number of urea groups is 1. The van der Waals surface area contributed by atoms with Crippen molar-refractivity contribution in [1.82, 2.24) is 10.2 Å². The number of nitrogens with zero attached hydrogens (tertiary/aromatic N) is 1. The van der Waals surface area contributed by atoms with Crippen molar-refractivity contribution in [3.05, 3.63) is 35.6 Å². The SMILES string of the molecule is Cc1c(C(C)NC(=O)N(C)CCO)oc2ccccc12. The van der Waals surface area contributed by atoms with Gasteiger partial charge in [-0.3, -0.25) is 0 Å². The number of furan rings is 1. The summed E-state index contributed by atoms with van der Waals surface area (Å²) in [5.41, 5.74) is 1.86. The fraction of sp³-hybridized carbons (Fsp3) is 0.400. The molecule has 2 N–H and O–H groups in total. The molecule has 0 aliphatic heterocycles. The Morgan fingerprint density at radius 2 is 2.15 bits per heavy atom. The molecule has 1 unspecified atom stereocenters. The van der Waals surface area contributed by atoms with E-state index in [0.29, 0.717) is 6.54 Å². The van der Waals surface area contributed by atoms with E-state index in [1.165, 1.54) is 4.90 Å². The number of hydrogen-bond acceptors (Lipinski definition) is 3. The van der Waals surface area contributed by atoms with Gasteiger partial charge in [0.1, 0.15) is 11.3 Å². The molecule has 5 heteroatoms. The van der Waals surface area contributed by atoms with Crippen molar-refractivity contribution in [2.75, 3.05) is 20.2 Å². The summed E-state index contributed by atoms with van der Waals surface area (Å²) in [6.45, 7) is 4.12. The van der Waals surface area contributed by atoms with Crippen molar-refractivity contribution >= 4 is 17.0 Å². The summed E-state index contributed by atoms with van der Waals surface area (Å²) in [4.78, 5) is 13.3. The zero-order chi connectivity index (χ0) is 14.7. The van der Waals surface area contributed by atoms with E-state index in [0.717, 1.165) is 22.3 Å². The lowest BCUT2D eigenvalue weighted by Crippen LogP contribution is -2.39. The van der Waals surface area contributed by atoms with Crippen LogP contribution < -0.4 is 5.32 Å². The lowest BCUT2D eigenvalue weighted by molar-refractivity contribution is 0.186. The largest absolute Gasteiger partial charge is 0.459 e. The van der Waals surface area contributed by atoms with Crippen LogP contribution in [-0.4, -0.2) is 36.2 Å². The highest BCUT2D eigenvalue weighted by Gasteiger charge is 2.19. The van der Waals surface area contributed by atoms with Gasteiger partial charge in [0.15, 0.2) is 0 Å². The van der Waals surface area contributed by atoms with E-state index >= 15 is 0 Å². The molecule has 0 saturated carbocycles. The third-order valence-corrected chi connectivity index (χ3v) is 3.40. The zero-order valence-electron chi connectivity index (χ0n) is 12.0. The summed E-state index contributed by atoms with van der Waals surface area (Å²) >= 11 is 0. The molecule has 1 atom stereocenters. The van der Waals surface area contributed by atoms with Gasteiger partial charge in [-0.15, -0.1) is 0 Å². The van der Waals surface area contributed by atoms with Gasteiger partial charge in [0.2, 0.25) is 0 Å². The predicted molar refractivity (Wildman–Crippen MR) is 77.6 cm³/mol. The average Bonchev–Trinajstić information content (AvgIpc) is 2.77. The summed E-state index contributed by atoms with van der Waals surface area (Å²) in [5.74, 6) is 0.761. The molecule has 0 aliphatic carbocycles. The van der Waals surface area contributed by atoms with Crippen LogP contribution in [0.25, 0.3) is 11.0 Å². The van der Waals surface area contributed by atoms with Gasteiger partial charge in [-0.05, 0) is 19.9 Å². The average molecular weight is 276 g/mol. The highest BCUT2D eigenvalue weighted by molar-refractivity contribution is 5.82. The van der Waals surface area contributed by atoms with Crippen molar-refractivity contribution in [1.29, 1.82) is 0 Å². The summed E-state index contributed by atoms with van der Waals surface area (Å²) in [6, 6.07) is 7.35. The van der Waals surface area contributed by atoms with Crippen molar-refractivity contribution in [2.45, 2.75) is 19.9 Å². The summed E-state index contributed by atoms with van der Waals surface area (Å²) in [6.07, 6.45) is 0. The minimum absolute atomic E-state index is 0.0536. The number of rotatable bonds is 4. The first-order chi connectivity index (χ1) is 9.54. The van der Waals surface area contributed by atoms with Crippen molar-refractivity contribution in [3.63, 3.8) is 0 Å². The topological polar surface area (TPSA) is 65.7 Å². The van der Waals surface area contributed by atoms with Gasteiger partial charge in [0.25, 0.3) is 0 Å². The molecule has 0 fully saturated rings. The summed E-state index contributed by atoms with van der Waals surface area (Å²) in [5, 5.41) is 12.8. The van der Waals surface area contributed by atoms with Crippen molar-refractivity contribution in [2.24, 2.45) is 0 Å². The Balaban J connectivity index is 2.17. The van der Waals surface area contributed by atoms with Gasteiger partial charge in [-0.1, -0.05) is 18.2 Å². The van der Waals surface area contributed by atoms with Crippen LogP contribution in [0.2, 0.25) is 0 Å². The van der Waals surface area contributed by atoms with Gasteiger partial charge in [-0.2, -0.15) is 0 Å². The number of aliphatic hydroxyl groups excluding tert-OH is 1. The first-order valence-corrected chi connectivity index (χ1v) is 6.65. The molecule has 0 bridgehead atoms. The Labute approximate surface area is 118 Å². The van der Waals surface area contributed by atoms with E-state index in [1.807, 2.05) is 38.1 Å². The number of likely N-dealkylation sites (N-methyl/N-ethyl adjacent to an activating group) is 1. The van der Waals surface area contributed by atoms with Gasteiger partial charge >= 0.3 is 6.03 Å². The molecule has 108 valence electrons. The molecular formula is C15H20N2O3. The lowest BCUT2D eigenvalue weighted by Gasteiger charge is -2.19. The van der Waals surface area contributed by atoms with E-state index in [1.54, 1.807) is 7.05 Å². The summed E-state index contributed by atoms with van der Waals surface area (Å²) < 4.78 is 5.82. The first kappa shape index (κ1) is 14.4. The Morgan fingerprint density at radius 3 is 2.80 bits per heavy atom. The molecule has 2 rings (SSSR count). The molecule has 0 spiro atoms. The number of benzene rings is 1. The van der Waals surface area contributed by atoms with Crippen LogP contribution in [0.3, 0.4) is 0 Å². The third-order valence-electron chi connectivity index (χ3n) is 3.40. The van der Waals surface area contributed by atoms with Crippen LogP contribution in [0.5, 0.6) is 0 Å². The van der Waals surface area contributed by atoms with Crippen LogP contribution in [0, 0.1) is 6.92 Å². The lowest BCUT2D eigenvalue weighted by atomic mass is 10.1. The quantitative estimate of drug-likeness (QED) is 0.901. The molecule has 0 aliphatic rings. The Bertz CT molecular complexity index is 606. The number of nitrogens with one attached hydrogen (secondary N) is 1. The number of aliphatic hydroxyl groups is 1. The second kappa shape index (κ2) is 5.96. The normalized spacial score (nSPS) is 12.4. The maximum absolute atomic E-state index is 11.9. The maximum atomic E-state index is 11.9. The number of carbonyl (C=O) groups excluding carboxylic acids is 1. The standard InChI is InChI=1S/C15H20N2O3/c1-10-12-6-4-5-7-13(12)20-14(10)11(2)16-15(19)17(3)8-9-18/h4-7,11,18H,8-9H2,1-3H3,(H,16,19). The van der Waals surface area contributed by atoms with E-state index in [4.69, 9.17) is 9.52 Å². The monoisotopic (exact) mass is 276 g/mol.